The van der Waals surface area contributed by atoms with Crippen LogP contribution >= 0.6 is 0 Å². The van der Waals surface area contributed by atoms with Gasteiger partial charge in [-0.05, 0) is 37.6 Å². The van der Waals surface area contributed by atoms with E-state index >= 15 is 0 Å². The van der Waals surface area contributed by atoms with Gasteiger partial charge < -0.3 is 14.2 Å². The van der Waals surface area contributed by atoms with Crippen LogP contribution in [0, 0.1) is 5.82 Å². The third-order valence-corrected chi connectivity index (χ3v) is 4.38. The molecule has 0 aliphatic carbocycles. The predicted molar refractivity (Wildman–Crippen MR) is 89.2 cm³/mol. The molecule has 25 heavy (non-hydrogen) atoms. The smallest absolute Gasteiger partial charge is 0.227 e. The zero-order valence-electron chi connectivity index (χ0n) is 14.4. The average molecular weight is 347 g/mol. The van der Waals surface area contributed by atoms with Gasteiger partial charge >= 0.3 is 0 Å². The van der Waals surface area contributed by atoms with E-state index in [0.717, 1.165) is 6.42 Å². The Labute approximate surface area is 146 Å². The highest BCUT2D eigenvalue weighted by molar-refractivity contribution is 5.76. The van der Waals surface area contributed by atoms with E-state index in [-0.39, 0.29) is 23.9 Å². The first-order valence-electron chi connectivity index (χ1n) is 8.56. The Bertz CT molecular complexity index is 717. The molecule has 7 heteroatoms. The van der Waals surface area contributed by atoms with Gasteiger partial charge in [-0.3, -0.25) is 4.79 Å². The van der Waals surface area contributed by atoms with E-state index in [2.05, 4.69) is 17.1 Å². The molecule has 2 heterocycles. The Morgan fingerprint density at radius 1 is 1.36 bits per heavy atom. The second-order valence-electron chi connectivity index (χ2n) is 6.27. The highest BCUT2D eigenvalue weighted by Crippen LogP contribution is 2.19. The maximum absolute atomic E-state index is 13.0. The molecule has 1 fully saturated rings. The Hall–Kier alpha value is -2.28. The number of aromatic nitrogens is 2. The number of nitrogens with zero attached hydrogens (tertiary/aromatic N) is 3. The summed E-state index contributed by atoms with van der Waals surface area (Å²) >= 11 is 0. The molecule has 1 aliphatic heterocycles. The summed E-state index contributed by atoms with van der Waals surface area (Å²) in [5.74, 6) is 0.558. The second-order valence-corrected chi connectivity index (χ2v) is 6.27. The highest BCUT2D eigenvalue weighted by atomic mass is 19.1. The van der Waals surface area contributed by atoms with Crippen molar-refractivity contribution in [1.29, 1.82) is 0 Å². The Balaban J connectivity index is 1.60. The molecular weight excluding hydrogens is 325 g/mol. The van der Waals surface area contributed by atoms with Crippen molar-refractivity contribution in [2.45, 2.75) is 45.3 Å². The van der Waals surface area contributed by atoms with E-state index in [1.165, 1.54) is 12.1 Å². The van der Waals surface area contributed by atoms with Crippen LogP contribution in [0.25, 0.3) is 11.4 Å². The number of aryl methyl sites for hydroxylation is 1. The van der Waals surface area contributed by atoms with Crippen LogP contribution in [0.15, 0.2) is 28.8 Å². The van der Waals surface area contributed by atoms with Crippen LogP contribution in [0.4, 0.5) is 4.39 Å². The molecule has 134 valence electrons. The van der Waals surface area contributed by atoms with Crippen molar-refractivity contribution >= 4 is 5.91 Å². The number of morpholine rings is 1. The van der Waals surface area contributed by atoms with Gasteiger partial charge in [0.25, 0.3) is 0 Å². The van der Waals surface area contributed by atoms with Crippen LogP contribution in [-0.2, 0) is 16.0 Å². The fourth-order valence-corrected chi connectivity index (χ4v) is 2.92. The minimum Gasteiger partial charge on any atom is -0.375 e. The van der Waals surface area contributed by atoms with Crippen LogP contribution in [0.2, 0.25) is 0 Å². The Morgan fingerprint density at radius 2 is 2.12 bits per heavy atom. The summed E-state index contributed by atoms with van der Waals surface area (Å²) in [5, 5.41) is 3.90. The molecule has 0 radical (unpaired) electrons. The minimum atomic E-state index is -0.316. The number of hydrogen-bond acceptors (Lipinski definition) is 5. The van der Waals surface area contributed by atoms with Crippen molar-refractivity contribution in [1.82, 2.24) is 15.0 Å². The molecule has 6 nitrogen and oxygen atoms in total. The van der Waals surface area contributed by atoms with Crippen molar-refractivity contribution in [3.05, 3.63) is 36.0 Å². The maximum atomic E-state index is 13.0. The summed E-state index contributed by atoms with van der Waals surface area (Å²) in [5.41, 5.74) is 0.677. The molecule has 1 amide bonds. The van der Waals surface area contributed by atoms with E-state index in [1.54, 1.807) is 12.1 Å². The van der Waals surface area contributed by atoms with Crippen molar-refractivity contribution < 1.29 is 18.4 Å². The van der Waals surface area contributed by atoms with Gasteiger partial charge in [-0.15, -0.1) is 0 Å². The van der Waals surface area contributed by atoms with Crippen molar-refractivity contribution in [2.24, 2.45) is 0 Å². The molecular formula is C18H22FN3O3. The number of amides is 1. The maximum Gasteiger partial charge on any atom is 0.227 e. The van der Waals surface area contributed by atoms with Gasteiger partial charge in [-0.1, -0.05) is 12.1 Å². The summed E-state index contributed by atoms with van der Waals surface area (Å²) in [7, 11) is 0. The molecule has 1 aromatic carbocycles. The first kappa shape index (κ1) is 17.5. The molecule has 0 unspecified atom stereocenters. The van der Waals surface area contributed by atoms with Crippen LogP contribution in [0.1, 0.15) is 32.6 Å². The summed E-state index contributed by atoms with van der Waals surface area (Å²) in [4.78, 5) is 18.7. The lowest BCUT2D eigenvalue weighted by molar-refractivity contribution is -0.144. The number of rotatable bonds is 5. The number of ether oxygens (including phenoxy) is 1. The topological polar surface area (TPSA) is 68.5 Å². The highest BCUT2D eigenvalue weighted by Gasteiger charge is 2.29. The number of carbonyl (C=O) groups is 1. The molecule has 1 aromatic heterocycles. The molecule has 0 saturated carbocycles. The fourth-order valence-electron chi connectivity index (χ4n) is 2.92. The van der Waals surface area contributed by atoms with Crippen molar-refractivity contribution in [2.75, 3.05) is 13.2 Å². The summed E-state index contributed by atoms with van der Waals surface area (Å²) in [6.07, 6.45) is 1.62. The van der Waals surface area contributed by atoms with Gasteiger partial charge in [-0.25, -0.2) is 4.39 Å². The van der Waals surface area contributed by atoms with E-state index in [4.69, 9.17) is 9.26 Å². The van der Waals surface area contributed by atoms with Crippen molar-refractivity contribution in [3.63, 3.8) is 0 Å². The molecule has 1 aliphatic rings. The first-order chi connectivity index (χ1) is 12.1. The van der Waals surface area contributed by atoms with Crippen molar-refractivity contribution in [3.8, 4) is 11.4 Å². The summed E-state index contributed by atoms with van der Waals surface area (Å²) in [6.45, 7) is 5.22. The summed E-state index contributed by atoms with van der Waals surface area (Å²) < 4.78 is 23.8. The number of hydrogen-bond donors (Lipinski definition) is 0. The fraction of sp³-hybridized carbons (Fsp3) is 0.500. The molecule has 0 bridgehead atoms. The van der Waals surface area contributed by atoms with E-state index < -0.39 is 0 Å². The summed E-state index contributed by atoms with van der Waals surface area (Å²) in [6, 6.07) is 6.01. The quantitative estimate of drug-likeness (QED) is 0.832. The number of carbonyl (C=O) groups excluding carboxylic acids is 1. The SMILES string of the molecule is CC[C@@H]1CO[C@H](C)CN1C(=O)CCc1nc(-c2ccc(F)cc2)no1. The molecule has 1 saturated heterocycles. The van der Waals surface area contributed by atoms with Gasteiger partial charge in [-0.2, -0.15) is 4.98 Å². The largest absolute Gasteiger partial charge is 0.375 e. The van der Waals surface area contributed by atoms with Gasteiger partial charge in [0.2, 0.25) is 17.6 Å². The molecule has 2 aromatic rings. The van der Waals surface area contributed by atoms with Crippen LogP contribution in [0.5, 0.6) is 0 Å². The van der Waals surface area contributed by atoms with Crippen LogP contribution in [0.3, 0.4) is 0 Å². The molecule has 3 rings (SSSR count). The zero-order chi connectivity index (χ0) is 17.8. The minimum absolute atomic E-state index is 0.0558. The molecule has 0 N–H and O–H groups in total. The lowest BCUT2D eigenvalue weighted by atomic mass is 10.1. The van der Waals surface area contributed by atoms with Gasteiger partial charge in [0.1, 0.15) is 5.82 Å². The number of benzene rings is 1. The van der Waals surface area contributed by atoms with Crippen LogP contribution in [-0.4, -0.2) is 46.2 Å². The average Bonchev–Trinajstić information content (AvgIpc) is 3.09. The van der Waals surface area contributed by atoms with Crippen LogP contribution < -0.4 is 0 Å². The third kappa shape index (κ3) is 4.22. The first-order valence-corrected chi connectivity index (χ1v) is 8.56. The zero-order valence-corrected chi connectivity index (χ0v) is 14.4. The van der Waals surface area contributed by atoms with Gasteiger partial charge in [0, 0.05) is 24.9 Å². The van der Waals surface area contributed by atoms with E-state index in [0.29, 0.717) is 43.3 Å². The lowest BCUT2D eigenvalue weighted by Gasteiger charge is -2.38. The monoisotopic (exact) mass is 347 g/mol. The predicted octanol–water partition coefficient (Wildman–Crippen LogP) is 2.83. The van der Waals surface area contributed by atoms with E-state index in [9.17, 15) is 9.18 Å². The van der Waals surface area contributed by atoms with Gasteiger partial charge in [0.05, 0.1) is 18.8 Å². The molecule has 0 spiro atoms. The normalized spacial score (nSPS) is 20.7. The Morgan fingerprint density at radius 3 is 2.84 bits per heavy atom. The number of halogens is 1. The second kappa shape index (κ2) is 7.74. The molecule has 2 atom stereocenters. The van der Waals surface area contributed by atoms with E-state index in [1.807, 2.05) is 11.8 Å². The van der Waals surface area contributed by atoms with Gasteiger partial charge in [0.15, 0.2) is 0 Å². The lowest BCUT2D eigenvalue weighted by Crippen LogP contribution is -2.51. The standard InChI is InChI=1S/C18H22FN3O3/c1-3-15-11-24-12(2)10-22(15)17(23)9-8-16-20-18(21-25-16)13-4-6-14(19)7-5-13/h4-7,12,15H,3,8-11H2,1-2H3/t12-,15-/m1/s1. The third-order valence-electron chi connectivity index (χ3n) is 4.38. The Kier molecular flexibility index (Phi) is 5.43.